The van der Waals surface area contributed by atoms with Crippen molar-refractivity contribution in [2.45, 2.75) is 58.4 Å². The van der Waals surface area contributed by atoms with E-state index in [4.69, 9.17) is 0 Å². The maximum absolute atomic E-state index is 13.6. The van der Waals surface area contributed by atoms with Crippen molar-refractivity contribution in [1.82, 2.24) is 15.2 Å². The van der Waals surface area contributed by atoms with Crippen LogP contribution in [0, 0.1) is 12.7 Å². The number of H-pyrrole nitrogens is 1. The number of hydrogen-bond acceptors (Lipinski definition) is 2. The summed E-state index contributed by atoms with van der Waals surface area (Å²) in [6.45, 7) is 7.12. The number of aromatic amines is 1. The minimum absolute atomic E-state index is 0.0132. The molecule has 1 aliphatic heterocycles. The second kappa shape index (κ2) is 8.67. The first kappa shape index (κ1) is 18.9. The lowest BCUT2D eigenvalue weighted by Crippen LogP contribution is -2.47. The maximum Gasteiger partial charge on any atom is 0.224 e. The zero-order valence-corrected chi connectivity index (χ0v) is 15.9. The Morgan fingerprint density at radius 2 is 2.23 bits per heavy atom. The number of unbranched alkanes of at least 4 members (excludes halogenated alkanes) is 1. The lowest BCUT2D eigenvalue weighted by atomic mass is 10.0. The smallest absolute Gasteiger partial charge is 0.224 e. The third-order valence-electron chi connectivity index (χ3n) is 5.50. The van der Waals surface area contributed by atoms with Crippen molar-refractivity contribution < 1.29 is 9.18 Å². The molecule has 2 aromatic rings. The lowest BCUT2D eigenvalue weighted by Gasteiger charge is -2.35. The van der Waals surface area contributed by atoms with Gasteiger partial charge in [0.15, 0.2) is 0 Å². The van der Waals surface area contributed by atoms with Crippen LogP contribution >= 0.6 is 0 Å². The Morgan fingerprint density at radius 1 is 1.38 bits per heavy atom. The number of rotatable bonds is 7. The number of fused-ring (bicyclic) bond motifs is 1. The van der Waals surface area contributed by atoms with E-state index in [9.17, 15) is 9.18 Å². The molecule has 0 saturated carbocycles. The Kier molecular flexibility index (Phi) is 6.30. The van der Waals surface area contributed by atoms with Gasteiger partial charge in [-0.05, 0) is 63.0 Å². The molecule has 4 nitrogen and oxygen atoms in total. The number of aryl methyl sites for hydroxylation is 1. The van der Waals surface area contributed by atoms with Gasteiger partial charge >= 0.3 is 0 Å². The minimum Gasteiger partial charge on any atom is -0.358 e. The van der Waals surface area contributed by atoms with Crippen molar-refractivity contribution >= 4 is 16.8 Å². The molecule has 0 spiro atoms. The van der Waals surface area contributed by atoms with Gasteiger partial charge < -0.3 is 10.3 Å². The van der Waals surface area contributed by atoms with E-state index in [2.05, 4.69) is 22.1 Å². The van der Waals surface area contributed by atoms with Gasteiger partial charge in [-0.25, -0.2) is 4.39 Å². The third-order valence-corrected chi connectivity index (χ3v) is 5.50. The first-order valence-corrected chi connectivity index (χ1v) is 9.86. The van der Waals surface area contributed by atoms with E-state index in [0.29, 0.717) is 12.6 Å². The summed E-state index contributed by atoms with van der Waals surface area (Å²) in [7, 11) is 0. The van der Waals surface area contributed by atoms with Gasteiger partial charge in [0.25, 0.3) is 0 Å². The minimum atomic E-state index is -0.271. The molecular formula is C21H30FN3O. The molecule has 1 aliphatic rings. The van der Waals surface area contributed by atoms with Gasteiger partial charge in [-0.15, -0.1) is 0 Å². The lowest BCUT2D eigenvalue weighted by molar-refractivity contribution is -0.120. The van der Waals surface area contributed by atoms with E-state index >= 15 is 0 Å². The molecule has 3 rings (SSSR count). The number of hydrogen-bond donors (Lipinski definition) is 2. The van der Waals surface area contributed by atoms with Crippen LogP contribution in [0.1, 0.15) is 50.3 Å². The Morgan fingerprint density at radius 3 is 3.04 bits per heavy atom. The second-order valence-corrected chi connectivity index (χ2v) is 7.44. The van der Waals surface area contributed by atoms with Crippen LogP contribution in [-0.2, 0) is 11.2 Å². The van der Waals surface area contributed by atoms with Gasteiger partial charge in [-0.1, -0.05) is 19.8 Å². The Labute approximate surface area is 155 Å². The summed E-state index contributed by atoms with van der Waals surface area (Å²) < 4.78 is 13.6. The molecule has 1 aromatic carbocycles. The van der Waals surface area contributed by atoms with Gasteiger partial charge in [0.2, 0.25) is 5.91 Å². The number of piperidine rings is 1. The average Bonchev–Trinajstić information content (AvgIpc) is 2.94. The van der Waals surface area contributed by atoms with Crippen LogP contribution in [0.5, 0.6) is 0 Å². The van der Waals surface area contributed by atoms with Gasteiger partial charge in [-0.3, -0.25) is 9.69 Å². The molecule has 1 unspecified atom stereocenters. The van der Waals surface area contributed by atoms with Gasteiger partial charge in [0, 0.05) is 29.2 Å². The van der Waals surface area contributed by atoms with E-state index in [1.54, 1.807) is 6.07 Å². The predicted molar refractivity (Wildman–Crippen MR) is 104 cm³/mol. The summed E-state index contributed by atoms with van der Waals surface area (Å²) in [5, 5.41) is 3.92. The number of aromatic nitrogens is 1. The number of amides is 1. The summed E-state index contributed by atoms with van der Waals surface area (Å²) in [6, 6.07) is 5.12. The molecule has 1 amide bonds. The largest absolute Gasteiger partial charge is 0.358 e. The molecule has 0 bridgehead atoms. The molecule has 1 saturated heterocycles. The van der Waals surface area contributed by atoms with Crippen molar-refractivity contribution in [2.75, 3.05) is 19.6 Å². The number of nitrogens with one attached hydrogen (secondary N) is 2. The van der Waals surface area contributed by atoms with E-state index in [1.165, 1.54) is 37.8 Å². The molecule has 26 heavy (non-hydrogen) atoms. The monoisotopic (exact) mass is 359 g/mol. The Hall–Kier alpha value is -1.88. The first-order chi connectivity index (χ1) is 12.6. The fourth-order valence-electron chi connectivity index (χ4n) is 3.98. The quantitative estimate of drug-likeness (QED) is 0.787. The zero-order chi connectivity index (χ0) is 18.5. The number of likely N-dealkylation sites (tertiary alicyclic amines) is 1. The summed E-state index contributed by atoms with van der Waals surface area (Å²) in [4.78, 5) is 18.3. The van der Waals surface area contributed by atoms with Crippen molar-refractivity contribution in [1.29, 1.82) is 0 Å². The van der Waals surface area contributed by atoms with E-state index < -0.39 is 0 Å². The number of halogens is 1. The van der Waals surface area contributed by atoms with Crippen molar-refractivity contribution in [3.05, 3.63) is 35.3 Å². The number of nitrogens with zero attached hydrogens (tertiary/aromatic N) is 1. The second-order valence-electron chi connectivity index (χ2n) is 7.44. The van der Waals surface area contributed by atoms with Crippen LogP contribution in [0.4, 0.5) is 4.39 Å². The molecule has 0 aliphatic carbocycles. The normalized spacial score (nSPS) is 18.3. The molecule has 1 atom stereocenters. The van der Waals surface area contributed by atoms with E-state index in [1.807, 2.05) is 6.92 Å². The van der Waals surface area contributed by atoms with Crippen LogP contribution in [-0.4, -0.2) is 41.5 Å². The highest BCUT2D eigenvalue weighted by Gasteiger charge is 2.22. The number of carbonyl (C=O) groups is 1. The average molecular weight is 359 g/mol. The fourth-order valence-corrected chi connectivity index (χ4v) is 3.98. The molecule has 0 radical (unpaired) electrons. The van der Waals surface area contributed by atoms with Crippen LogP contribution in [0.2, 0.25) is 0 Å². The molecule has 142 valence electrons. The summed E-state index contributed by atoms with van der Waals surface area (Å²) in [6.07, 6.45) is 6.35. The van der Waals surface area contributed by atoms with Crippen molar-refractivity contribution in [3.63, 3.8) is 0 Å². The standard InChI is InChI=1S/C21H30FN3O/c1-3-4-10-25-11-6-5-7-17(25)14-23-21(26)13-18-15(2)24-20-9-8-16(22)12-19(18)20/h8-9,12,17,24H,3-7,10-11,13-14H2,1-2H3,(H,23,26). The summed E-state index contributed by atoms with van der Waals surface area (Å²) in [5.74, 6) is -0.258. The number of carbonyl (C=O) groups excluding carboxylic acids is 1. The first-order valence-electron chi connectivity index (χ1n) is 9.86. The topological polar surface area (TPSA) is 48.1 Å². The molecule has 2 heterocycles. The third kappa shape index (κ3) is 4.44. The summed E-state index contributed by atoms with van der Waals surface area (Å²) >= 11 is 0. The van der Waals surface area contributed by atoms with Crippen molar-refractivity contribution in [2.24, 2.45) is 0 Å². The van der Waals surface area contributed by atoms with E-state index in [0.717, 1.165) is 41.7 Å². The van der Waals surface area contributed by atoms with Crippen LogP contribution < -0.4 is 5.32 Å². The van der Waals surface area contributed by atoms with Gasteiger partial charge in [0.05, 0.1) is 6.42 Å². The zero-order valence-electron chi connectivity index (χ0n) is 15.9. The summed E-state index contributed by atoms with van der Waals surface area (Å²) in [5.41, 5.74) is 2.70. The van der Waals surface area contributed by atoms with E-state index in [-0.39, 0.29) is 18.1 Å². The fraction of sp³-hybridized carbons (Fsp3) is 0.571. The highest BCUT2D eigenvalue weighted by atomic mass is 19.1. The van der Waals surface area contributed by atoms with Crippen molar-refractivity contribution in [3.8, 4) is 0 Å². The number of benzene rings is 1. The maximum atomic E-state index is 13.6. The Bertz CT molecular complexity index is 755. The van der Waals surface area contributed by atoms with Crippen LogP contribution in [0.15, 0.2) is 18.2 Å². The molecule has 2 N–H and O–H groups in total. The molecule has 5 heteroatoms. The Balaban J connectivity index is 1.60. The van der Waals surface area contributed by atoms with Crippen LogP contribution in [0.25, 0.3) is 10.9 Å². The molecular weight excluding hydrogens is 329 g/mol. The molecule has 1 fully saturated rings. The predicted octanol–water partition coefficient (Wildman–Crippen LogP) is 3.93. The highest BCUT2D eigenvalue weighted by Crippen LogP contribution is 2.23. The molecule has 1 aromatic heterocycles. The van der Waals surface area contributed by atoms with Crippen LogP contribution in [0.3, 0.4) is 0 Å². The van der Waals surface area contributed by atoms with Gasteiger partial charge in [0.1, 0.15) is 5.82 Å². The SMILES string of the molecule is CCCCN1CCCCC1CNC(=O)Cc1c(C)[nH]c2ccc(F)cc12. The van der Waals surface area contributed by atoms with Gasteiger partial charge in [-0.2, -0.15) is 0 Å². The highest BCUT2D eigenvalue weighted by molar-refractivity contribution is 5.90.